The number of nitrogens with zero attached hydrogens (tertiary/aromatic N) is 5. The highest BCUT2D eigenvalue weighted by atomic mass is 32.1. The zero-order valence-electron chi connectivity index (χ0n) is 20.5. The van der Waals surface area contributed by atoms with Gasteiger partial charge in [-0.05, 0) is 25.2 Å². The van der Waals surface area contributed by atoms with Crippen LogP contribution in [0.25, 0.3) is 22.5 Å². The van der Waals surface area contributed by atoms with Crippen LogP contribution in [0.2, 0.25) is 0 Å². The lowest BCUT2D eigenvalue weighted by atomic mass is 9.93. The van der Waals surface area contributed by atoms with Gasteiger partial charge in [-0.1, -0.05) is 38.1 Å². The Morgan fingerprint density at radius 1 is 1.09 bits per heavy atom. The average molecular weight is 494 g/mol. The molecule has 8 nitrogen and oxygen atoms in total. The summed E-state index contributed by atoms with van der Waals surface area (Å²) in [5, 5.41) is 12.0. The minimum Gasteiger partial charge on any atom is -0.481 e. The van der Waals surface area contributed by atoms with Gasteiger partial charge < -0.3 is 10.0 Å². The number of thiazole rings is 1. The molecule has 3 aromatic rings. The van der Waals surface area contributed by atoms with E-state index in [2.05, 4.69) is 9.97 Å². The van der Waals surface area contributed by atoms with Crippen LogP contribution in [0.15, 0.2) is 42.0 Å². The number of carboxylic acids is 1. The summed E-state index contributed by atoms with van der Waals surface area (Å²) in [4.78, 5) is 42.6. The lowest BCUT2D eigenvalue weighted by Gasteiger charge is -2.25. The smallest absolute Gasteiger partial charge is 0.304 e. The third kappa shape index (κ3) is 5.85. The first-order valence-corrected chi connectivity index (χ1v) is 12.7. The number of hydrogen-bond acceptors (Lipinski definition) is 7. The number of benzene rings is 1. The minimum absolute atomic E-state index is 0.0876. The van der Waals surface area contributed by atoms with Crippen molar-refractivity contribution in [2.75, 3.05) is 23.9 Å². The van der Waals surface area contributed by atoms with E-state index in [1.165, 1.54) is 11.3 Å². The summed E-state index contributed by atoms with van der Waals surface area (Å²) in [6.07, 6.45) is 5.69. The first kappa shape index (κ1) is 24.8. The molecule has 35 heavy (non-hydrogen) atoms. The van der Waals surface area contributed by atoms with Crippen molar-refractivity contribution in [3.63, 3.8) is 0 Å². The largest absolute Gasteiger partial charge is 0.481 e. The van der Waals surface area contributed by atoms with Gasteiger partial charge in [-0.2, -0.15) is 0 Å². The number of amides is 1. The normalized spacial score (nSPS) is 14.1. The second-order valence-electron chi connectivity index (χ2n) is 9.58. The van der Waals surface area contributed by atoms with Crippen LogP contribution in [0, 0.1) is 11.8 Å². The fraction of sp³-hybridized carbons (Fsp3) is 0.423. The summed E-state index contributed by atoms with van der Waals surface area (Å²) in [6, 6.07) is 7.98. The highest BCUT2D eigenvalue weighted by Gasteiger charge is 2.39. The highest BCUT2D eigenvalue weighted by Crippen LogP contribution is 2.39. The summed E-state index contributed by atoms with van der Waals surface area (Å²) in [6.45, 7) is 4.02. The molecule has 0 aliphatic heterocycles. The second-order valence-corrected chi connectivity index (χ2v) is 10.4. The molecule has 1 atom stereocenters. The van der Waals surface area contributed by atoms with Gasteiger partial charge >= 0.3 is 5.97 Å². The van der Waals surface area contributed by atoms with E-state index in [1.54, 1.807) is 17.3 Å². The maximum Gasteiger partial charge on any atom is 0.304 e. The van der Waals surface area contributed by atoms with Gasteiger partial charge in [0.15, 0.2) is 5.13 Å². The SMILES string of the molecule is CC(C)C[C@H](CC(=O)O)C(=O)N(c1nc(-c2ccccc2-c2cnc(N(C)C)cn2)cs1)C1CC1. The van der Waals surface area contributed by atoms with Gasteiger partial charge in [0.1, 0.15) is 5.82 Å². The van der Waals surface area contributed by atoms with E-state index < -0.39 is 11.9 Å². The molecule has 0 saturated heterocycles. The Morgan fingerprint density at radius 3 is 2.31 bits per heavy atom. The molecule has 2 heterocycles. The molecule has 1 fully saturated rings. The zero-order chi connectivity index (χ0) is 25.1. The average Bonchev–Trinajstić information content (AvgIpc) is 3.54. The van der Waals surface area contributed by atoms with Crippen LogP contribution in [-0.2, 0) is 9.59 Å². The standard InChI is InChI=1S/C26H31N5O3S/c1-16(2)11-17(12-24(32)33)25(34)31(18-9-10-18)26-29-22(15-35-26)20-8-6-5-7-19(20)21-13-28-23(14-27-21)30(3)4/h5-8,13-18H,9-12H2,1-4H3,(H,32,33)/t17-/m1/s1. The lowest BCUT2D eigenvalue weighted by molar-refractivity contribution is -0.140. The predicted molar refractivity (Wildman–Crippen MR) is 139 cm³/mol. The summed E-state index contributed by atoms with van der Waals surface area (Å²) in [7, 11) is 3.84. The first-order valence-electron chi connectivity index (χ1n) is 11.8. The Bertz CT molecular complexity index is 1190. The predicted octanol–water partition coefficient (Wildman–Crippen LogP) is 4.97. The van der Waals surface area contributed by atoms with E-state index in [-0.39, 0.29) is 24.3 Å². The van der Waals surface area contributed by atoms with Crippen LogP contribution in [0.3, 0.4) is 0 Å². The second kappa shape index (κ2) is 10.5. The number of hydrogen-bond donors (Lipinski definition) is 1. The van der Waals surface area contributed by atoms with Crippen LogP contribution in [0.1, 0.15) is 39.5 Å². The molecule has 0 bridgehead atoms. The minimum atomic E-state index is -0.949. The van der Waals surface area contributed by atoms with Crippen molar-refractivity contribution >= 4 is 34.2 Å². The molecule has 2 aromatic heterocycles. The topological polar surface area (TPSA) is 99.5 Å². The van der Waals surface area contributed by atoms with E-state index in [4.69, 9.17) is 4.98 Å². The number of anilines is 2. The number of carbonyl (C=O) groups excluding carboxylic acids is 1. The highest BCUT2D eigenvalue weighted by molar-refractivity contribution is 7.14. The monoisotopic (exact) mass is 493 g/mol. The quantitative estimate of drug-likeness (QED) is 0.426. The van der Waals surface area contributed by atoms with Gasteiger partial charge in [-0.3, -0.25) is 19.5 Å². The van der Waals surface area contributed by atoms with E-state index in [0.29, 0.717) is 11.6 Å². The van der Waals surface area contributed by atoms with Crippen LogP contribution < -0.4 is 9.80 Å². The molecular formula is C26H31N5O3S. The molecule has 1 saturated carbocycles. The third-order valence-electron chi connectivity index (χ3n) is 5.95. The fourth-order valence-corrected chi connectivity index (χ4v) is 5.03. The molecule has 184 valence electrons. The molecule has 0 radical (unpaired) electrons. The van der Waals surface area contributed by atoms with Gasteiger partial charge in [-0.25, -0.2) is 9.97 Å². The fourth-order valence-electron chi connectivity index (χ4n) is 4.13. The maximum atomic E-state index is 13.5. The van der Waals surface area contributed by atoms with Crippen molar-refractivity contribution in [2.45, 2.75) is 45.6 Å². The van der Waals surface area contributed by atoms with Gasteiger partial charge in [-0.15, -0.1) is 11.3 Å². The maximum absolute atomic E-state index is 13.5. The molecule has 0 spiro atoms. The van der Waals surface area contributed by atoms with Crippen LogP contribution >= 0.6 is 11.3 Å². The van der Waals surface area contributed by atoms with Crippen LogP contribution in [0.5, 0.6) is 0 Å². The van der Waals surface area contributed by atoms with Gasteiger partial charge in [0, 0.05) is 42.6 Å². The number of carbonyl (C=O) groups is 2. The summed E-state index contributed by atoms with van der Waals surface area (Å²) in [5.41, 5.74) is 3.33. The van der Waals surface area contributed by atoms with Crippen LogP contribution in [0.4, 0.5) is 10.9 Å². The van der Waals surface area contributed by atoms with Crippen molar-refractivity contribution in [3.05, 3.63) is 42.0 Å². The number of rotatable bonds is 10. The van der Waals surface area contributed by atoms with Crippen molar-refractivity contribution in [3.8, 4) is 22.5 Å². The Balaban J connectivity index is 1.65. The van der Waals surface area contributed by atoms with Crippen molar-refractivity contribution < 1.29 is 14.7 Å². The van der Waals surface area contributed by atoms with E-state index in [1.807, 2.05) is 62.5 Å². The summed E-state index contributed by atoms with van der Waals surface area (Å²) in [5.74, 6) is -0.641. The Morgan fingerprint density at radius 2 is 1.77 bits per heavy atom. The third-order valence-corrected chi connectivity index (χ3v) is 6.79. The molecule has 1 N–H and O–H groups in total. The van der Waals surface area contributed by atoms with Gasteiger partial charge in [0.05, 0.1) is 30.2 Å². The number of aromatic nitrogens is 3. The molecular weight excluding hydrogens is 462 g/mol. The van der Waals surface area contributed by atoms with Gasteiger partial charge in [0.2, 0.25) is 5.91 Å². The summed E-state index contributed by atoms with van der Waals surface area (Å²) < 4.78 is 0. The molecule has 1 aliphatic rings. The van der Waals surface area contributed by atoms with Crippen molar-refractivity contribution in [1.82, 2.24) is 15.0 Å². The molecule has 9 heteroatoms. The number of carboxylic acid groups (broad SMARTS) is 1. The molecule has 4 rings (SSSR count). The first-order chi connectivity index (χ1) is 16.7. The molecule has 1 aliphatic carbocycles. The van der Waals surface area contributed by atoms with E-state index in [9.17, 15) is 14.7 Å². The molecule has 0 unspecified atom stereocenters. The van der Waals surface area contributed by atoms with Crippen molar-refractivity contribution in [1.29, 1.82) is 0 Å². The zero-order valence-corrected chi connectivity index (χ0v) is 21.3. The van der Waals surface area contributed by atoms with Gasteiger partial charge in [0.25, 0.3) is 0 Å². The number of aliphatic carboxylic acids is 1. The van der Waals surface area contributed by atoms with E-state index in [0.717, 1.165) is 41.2 Å². The van der Waals surface area contributed by atoms with Crippen LogP contribution in [-0.4, -0.2) is 52.1 Å². The lowest BCUT2D eigenvalue weighted by Crippen LogP contribution is -2.39. The Kier molecular flexibility index (Phi) is 7.45. The Labute approximate surface area is 209 Å². The van der Waals surface area contributed by atoms with Crippen molar-refractivity contribution in [2.24, 2.45) is 11.8 Å². The molecule has 1 amide bonds. The van der Waals surface area contributed by atoms with E-state index >= 15 is 0 Å². The summed E-state index contributed by atoms with van der Waals surface area (Å²) >= 11 is 1.42. The Hall–Kier alpha value is -3.33. The molecule has 1 aromatic carbocycles.